The molecule has 0 bridgehead atoms. The molecule has 2 atom stereocenters. The summed E-state index contributed by atoms with van der Waals surface area (Å²) in [5, 5.41) is 3.50. The van der Waals surface area contributed by atoms with Crippen molar-refractivity contribution in [2.24, 2.45) is 5.92 Å². The van der Waals surface area contributed by atoms with Gasteiger partial charge < -0.3 is 10.2 Å². The summed E-state index contributed by atoms with van der Waals surface area (Å²) in [5.74, 6) is 0.510. The maximum absolute atomic E-state index is 13.2. The van der Waals surface area contributed by atoms with E-state index in [4.69, 9.17) is 0 Å². The van der Waals surface area contributed by atoms with Crippen LogP contribution in [0, 0.1) is 11.7 Å². The lowest BCUT2D eigenvalue weighted by molar-refractivity contribution is 0.242. The van der Waals surface area contributed by atoms with Gasteiger partial charge in [0.25, 0.3) is 0 Å². The molecule has 0 radical (unpaired) electrons. The molecule has 2 nitrogen and oxygen atoms in total. The van der Waals surface area contributed by atoms with Gasteiger partial charge in [-0.05, 0) is 51.1 Å². The van der Waals surface area contributed by atoms with E-state index in [2.05, 4.69) is 45.1 Å². The van der Waals surface area contributed by atoms with E-state index in [1.54, 1.807) is 12.1 Å². The number of hydrogen-bond acceptors (Lipinski definition) is 2. The number of nitrogens with one attached hydrogen (secondary N) is 1. The van der Waals surface area contributed by atoms with Crippen LogP contribution in [0.3, 0.4) is 0 Å². The number of rotatable bonds is 7. The first-order valence-corrected chi connectivity index (χ1v) is 7.05. The summed E-state index contributed by atoms with van der Waals surface area (Å²) in [6, 6.07) is 7.50. The molecule has 1 aromatic rings. The standard InChI is InChI=1S/C16H27FN2/c1-12(2)9-16(19(4)5)11-18-13(3)14-7-6-8-15(17)10-14/h6-8,10,12-13,16,18H,9,11H2,1-5H3. The van der Waals surface area contributed by atoms with Gasteiger partial charge in [0.15, 0.2) is 0 Å². The molecule has 0 fully saturated rings. The van der Waals surface area contributed by atoms with Crippen LogP contribution in [-0.2, 0) is 0 Å². The Morgan fingerprint density at radius 1 is 1.21 bits per heavy atom. The summed E-state index contributed by atoms with van der Waals surface area (Å²) in [6.07, 6.45) is 1.16. The van der Waals surface area contributed by atoms with E-state index in [1.807, 2.05) is 6.07 Å². The van der Waals surface area contributed by atoms with Gasteiger partial charge in [0.1, 0.15) is 5.82 Å². The fraction of sp³-hybridized carbons (Fsp3) is 0.625. The first-order valence-electron chi connectivity index (χ1n) is 7.05. The number of benzene rings is 1. The molecule has 3 heteroatoms. The third-order valence-electron chi connectivity index (χ3n) is 3.48. The molecule has 0 saturated heterocycles. The van der Waals surface area contributed by atoms with Gasteiger partial charge >= 0.3 is 0 Å². The van der Waals surface area contributed by atoms with Gasteiger partial charge in [0, 0.05) is 18.6 Å². The van der Waals surface area contributed by atoms with Gasteiger partial charge in [-0.15, -0.1) is 0 Å². The third-order valence-corrected chi connectivity index (χ3v) is 3.48. The van der Waals surface area contributed by atoms with Gasteiger partial charge in [-0.1, -0.05) is 26.0 Å². The summed E-state index contributed by atoms with van der Waals surface area (Å²) < 4.78 is 13.2. The molecular formula is C16H27FN2. The predicted molar refractivity (Wildman–Crippen MR) is 79.7 cm³/mol. The fourth-order valence-electron chi connectivity index (χ4n) is 2.23. The van der Waals surface area contributed by atoms with Crippen LogP contribution in [-0.4, -0.2) is 31.6 Å². The molecule has 0 amide bonds. The highest BCUT2D eigenvalue weighted by atomic mass is 19.1. The topological polar surface area (TPSA) is 15.3 Å². The van der Waals surface area contributed by atoms with Crippen molar-refractivity contribution in [3.05, 3.63) is 35.6 Å². The Bertz CT molecular complexity index is 377. The molecule has 0 heterocycles. The number of halogens is 1. The van der Waals surface area contributed by atoms with Crippen molar-refractivity contribution in [3.63, 3.8) is 0 Å². The molecule has 1 aromatic carbocycles. The van der Waals surface area contributed by atoms with Crippen LogP contribution in [0.25, 0.3) is 0 Å². The highest BCUT2D eigenvalue weighted by molar-refractivity contribution is 5.19. The Labute approximate surface area is 117 Å². The maximum atomic E-state index is 13.2. The monoisotopic (exact) mass is 266 g/mol. The minimum absolute atomic E-state index is 0.169. The van der Waals surface area contributed by atoms with Crippen LogP contribution in [0.4, 0.5) is 4.39 Å². The summed E-state index contributed by atoms with van der Waals surface area (Å²) in [6.45, 7) is 7.48. The zero-order valence-corrected chi connectivity index (χ0v) is 12.8. The van der Waals surface area contributed by atoms with E-state index >= 15 is 0 Å². The summed E-state index contributed by atoms with van der Waals surface area (Å²) in [5.41, 5.74) is 1.00. The highest BCUT2D eigenvalue weighted by Crippen LogP contribution is 2.15. The molecular weight excluding hydrogens is 239 g/mol. The zero-order chi connectivity index (χ0) is 14.4. The summed E-state index contributed by atoms with van der Waals surface area (Å²) >= 11 is 0. The quantitative estimate of drug-likeness (QED) is 0.813. The fourth-order valence-corrected chi connectivity index (χ4v) is 2.23. The third kappa shape index (κ3) is 5.70. The van der Waals surface area contributed by atoms with Crippen LogP contribution in [0.1, 0.15) is 38.8 Å². The van der Waals surface area contributed by atoms with Crippen molar-refractivity contribution in [3.8, 4) is 0 Å². The van der Waals surface area contributed by atoms with Crippen molar-refractivity contribution in [1.82, 2.24) is 10.2 Å². The van der Waals surface area contributed by atoms with E-state index < -0.39 is 0 Å². The van der Waals surface area contributed by atoms with Crippen molar-refractivity contribution >= 4 is 0 Å². The second-order valence-electron chi connectivity index (χ2n) is 5.93. The Morgan fingerprint density at radius 3 is 2.42 bits per heavy atom. The van der Waals surface area contributed by atoms with E-state index in [0.717, 1.165) is 18.5 Å². The van der Waals surface area contributed by atoms with E-state index in [1.165, 1.54) is 6.07 Å². The first kappa shape index (κ1) is 16.1. The van der Waals surface area contributed by atoms with Crippen LogP contribution in [0.15, 0.2) is 24.3 Å². The average Bonchev–Trinajstić information content (AvgIpc) is 2.33. The predicted octanol–water partition coefficient (Wildman–Crippen LogP) is 3.45. The second-order valence-corrected chi connectivity index (χ2v) is 5.93. The van der Waals surface area contributed by atoms with Gasteiger partial charge in [-0.2, -0.15) is 0 Å². The zero-order valence-electron chi connectivity index (χ0n) is 12.8. The molecule has 1 N–H and O–H groups in total. The summed E-state index contributed by atoms with van der Waals surface area (Å²) in [7, 11) is 4.23. The molecule has 0 aliphatic heterocycles. The number of nitrogens with zero attached hydrogens (tertiary/aromatic N) is 1. The van der Waals surface area contributed by atoms with Crippen LogP contribution in [0.2, 0.25) is 0 Å². The van der Waals surface area contributed by atoms with Gasteiger partial charge in [0.05, 0.1) is 0 Å². The molecule has 19 heavy (non-hydrogen) atoms. The van der Waals surface area contributed by atoms with Crippen molar-refractivity contribution in [2.45, 2.75) is 39.3 Å². The van der Waals surface area contributed by atoms with Gasteiger partial charge in [-0.25, -0.2) is 4.39 Å². The Hall–Kier alpha value is -0.930. The first-order chi connectivity index (χ1) is 8.90. The van der Waals surface area contributed by atoms with Crippen molar-refractivity contribution in [1.29, 1.82) is 0 Å². The normalized spacial score (nSPS) is 14.9. The lowest BCUT2D eigenvalue weighted by atomic mass is 10.0. The molecule has 0 aromatic heterocycles. The molecule has 2 unspecified atom stereocenters. The molecule has 108 valence electrons. The smallest absolute Gasteiger partial charge is 0.123 e. The lowest BCUT2D eigenvalue weighted by Gasteiger charge is -2.28. The van der Waals surface area contributed by atoms with Gasteiger partial charge in [-0.3, -0.25) is 0 Å². The maximum Gasteiger partial charge on any atom is 0.123 e. The van der Waals surface area contributed by atoms with Gasteiger partial charge in [0.2, 0.25) is 0 Å². The van der Waals surface area contributed by atoms with E-state index in [-0.39, 0.29) is 11.9 Å². The van der Waals surface area contributed by atoms with E-state index in [9.17, 15) is 4.39 Å². The number of hydrogen-bond donors (Lipinski definition) is 1. The van der Waals surface area contributed by atoms with Crippen LogP contribution >= 0.6 is 0 Å². The minimum atomic E-state index is -0.169. The molecule has 0 spiro atoms. The van der Waals surface area contributed by atoms with Crippen LogP contribution < -0.4 is 5.32 Å². The SMILES string of the molecule is CC(C)CC(CNC(C)c1cccc(F)c1)N(C)C. The highest BCUT2D eigenvalue weighted by Gasteiger charge is 2.15. The Kier molecular flexibility index (Phi) is 6.46. The molecule has 0 aliphatic carbocycles. The molecule has 0 aliphatic rings. The van der Waals surface area contributed by atoms with Crippen LogP contribution in [0.5, 0.6) is 0 Å². The van der Waals surface area contributed by atoms with E-state index in [0.29, 0.717) is 12.0 Å². The lowest BCUT2D eigenvalue weighted by Crippen LogP contribution is -2.39. The van der Waals surface area contributed by atoms with Crippen molar-refractivity contribution in [2.75, 3.05) is 20.6 Å². The molecule has 0 saturated carbocycles. The average molecular weight is 266 g/mol. The summed E-state index contributed by atoms with van der Waals surface area (Å²) in [4.78, 5) is 2.26. The van der Waals surface area contributed by atoms with Crippen molar-refractivity contribution < 1.29 is 4.39 Å². The number of likely N-dealkylation sites (N-methyl/N-ethyl adjacent to an activating group) is 1. The Morgan fingerprint density at radius 2 is 1.89 bits per heavy atom. The molecule has 1 rings (SSSR count). The Balaban J connectivity index is 2.54. The largest absolute Gasteiger partial charge is 0.309 e. The second kappa shape index (κ2) is 7.61. The minimum Gasteiger partial charge on any atom is -0.309 e.